The number of carbonyl (C=O) groups is 1. The molecule has 1 aromatic rings. The molecule has 1 aliphatic heterocycles. The molecular formula is C15H23BrClN3O. The third-order valence-corrected chi connectivity index (χ3v) is 4.61. The van der Waals surface area contributed by atoms with E-state index in [1.54, 1.807) is 0 Å². The normalized spacial score (nSPS) is 20.4. The number of hydrogen-bond donors (Lipinski definition) is 2. The summed E-state index contributed by atoms with van der Waals surface area (Å²) < 4.78 is 0.910. The zero-order chi connectivity index (χ0) is 14.5. The van der Waals surface area contributed by atoms with Crippen LogP contribution in [0.2, 0.25) is 0 Å². The number of nitrogens with one attached hydrogen (secondary N) is 2. The molecule has 2 rings (SSSR count). The van der Waals surface area contributed by atoms with Crippen molar-refractivity contribution in [2.24, 2.45) is 0 Å². The number of piperidine rings is 1. The Kier molecular flexibility index (Phi) is 7.66. The van der Waals surface area contributed by atoms with Gasteiger partial charge in [-0.3, -0.25) is 9.69 Å². The molecule has 1 aromatic carbocycles. The van der Waals surface area contributed by atoms with Crippen molar-refractivity contribution in [1.82, 2.24) is 10.2 Å². The largest absolute Gasteiger partial charge is 0.324 e. The minimum absolute atomic E-state index is 0. The summed E-state index contributed by atoms with van der Waals surface area (Å²) in [6.07, 6.45) is 2.32. The second kappa shape index (κ2) is 8.73. The van der Waals surface area contributed by atoms with Crippen molar-refractivity contribution in [1.29, 1.82) is 0 Å². The number of rotatable bonds is 4. The number of likely N-dealkylation sites (N-methyl/N-ethyl adjacent to an activating group) is 1. The Bertz CT molecular complexity index is 472. The van der Waals surface area contributed by atoms with E-state index in [1.165, 1.54) is 6.42 Å². The Morgan fingerprint density at radius 2 is 2.14 bits per heavy atom. The molecule has 0 aliphatic carbocycles. The molecule has 0 spiro atoms. The van der Waals surface area contributed by atoms with Crippen molar-refractivity contribution in [3.05, 3.63) is 28.7 Å². The molecule has 1 heterocycles. The van der Waals surface area contributed by atoms with Crippen LogP contribution in [0.25, 0.3) is 0 Å². The van der Waals surface area contributed by atoms with E-state index < -0.39 is 0 Å². The van der Waals surface area contributed by atoms with Gasteiger partial charge in [-0.2, -0.15) is 0 Å². The number of hydrogen-bond acceptors (Lipinski definition) is 3. The summed E-state index contributed by atoms with van der Waals surface area (Å²) in [5.41, 5.74) is 0.825. The number of anilines is 1. The van der Waals surface area contributed by atoms with Crippen molar-refractivity contribution in [2.75, 3.05) is 25.5 Å². The number of amides is 1. The number of carbonyl (C=O) groups excluding carboxylic acids is 1. The van der Waals surface area contributed by atoms with Crippen LogP contribution in [0.3, 0.4) is 0 Å². The van der Waals surface area contributed by atoms with E-state index in [2.05, 4.69) is 31.5 Å². The highest BCUT2D eigenvalue weighted by Gasteiger charge is 2.26. The Labute approximate surface area is 141 Å². The fraction of sp³-hybridized carbons (Fsp3) is 0.533. The number of nitrogens with zero attached hydrogens (tertiary/aromatic N) is 1. The Morgan fingerprint density at radius 1 is 1.43 bits per heavy atom. The molecule has 2 atom stereocenters. The lowest BCUT2D eigenvalue weighted by atomic mass is 10.0. The standard InChI is InChI=1S/C15H22BrN3O.ClH/c1-11(19-9-5-6-12(10-19)17-2)15(20)18-14-8-4-3-7-13(14)16;/h3-4,7-8,11-12,17H,5-6,9-10H2,1-2H3,(H,18,20);1H. The smallest absolute Gasteiger partial charge is 0.241 e. The maximum Gasteiger partial charge on any atom is 0.241 e. The summed E-state index contributed by atoms with van der Waals surface area (Å²) in [6.45, 7) is 3.90. The highest BCUT2D eigenvalue weighted by Crippen LogP contribution is 2.22. The molecular weight excluding hydrogens is 354 g/mol. The second-order valence-corrected chi connectivity index (χ2v) is 6.12. The third-order valence-electron chi connectivity index (χ3n) is 3.92. The highest BCUT2D eigenvalue weighted by molar-refractivity contribution is 9.10. The number of para-hydroxylation sites is 1. The molecule has 1 fully saturated rings. The van der Waals surface area contributed by atoms with Gasteiger partial charge in [-0.05, 0) is 61.4 Å². The summed E-state index contributed by atoms with van der Waals surface area (Å²) in [6, 6.07) is 8.06. The van der Waals surface area contributed by atoms with E-state index in [-0.39, 0.29) is 24.4 Å². The van der Waals surface area contributed by atoms with Crippen LogP contribution in [0.1, 0.15) is 19.8 Å². The highest BCUT2D eigenvalue weighted by atomic mass is 79.9. The van der Waals surface area contributed by atoms with Crippen molar-refractivity contribution >= 4 is 39.9 Å². The lowest BCUT2D eigenvalue weighted by molar-refractivity contribution is -0.121. The van der Waals surface area contributed by atoms with E-state index in [0.29, 0.717) is 6.04 Å². The van der Waals surface area contributed by atoms with Gasteiger partial charge in [0.15, 0.2) is 0 Å². The van der Waals surface area contributed by atoms with E-state index >= 15 is 0 Å². The molecule has 0 aromatic heterocycles. The molecule has 21 heavy (non-hydrogen) atoms. The van der Waals surface area contributed by atoms with Gasteiger partial charge in [0, 0.05) is 17.1 Å². The Balaban J connectivity index is 0.00000220. The SMILES string of the molecule is CNC1CCCN(C(C)C(=O)Nc2ccccc2Br)C1.Cl. The topological polar surface area (TPSA) is 44.4 Å². The average molecular weight is 377 g/mol. The van der Waals surface area contributed by atoms with Crippen LogP contribution in [0.15, 0.2) is 28.7 Å². The van der Waals surface area contributed by atoms with E-state index in [0.717, 1.165) is 29.7 Å². The van der Waals surface area contributed by atoms with Crippen LogP contribution < -0.4 is 10.6 Å². The first-order valence-corrected chi connectivity index (χ1v) is 7.88. The van der Waals surface area contributed by atoms with Gasteiger partial charge in [0.25, 0.3) is 0 Å². The minimum atomic E-state index is -0.113. The summed E-state index contributed by atoms with van der Waals surface area (Å²) in [5, 5.41) is 6.30. The van der Waals surface area contributed by atoms with E-state index in [9.17, 15) is 4.79 Å². The number of benzene rings is 1. The lowest BCUT2D eigenvalue weighted by Gasteiger charge is -2.36. The molecule has 2 unspecified atom stereocenters. The van der Waals surface area contributed by atoms with Gasteiger partial charge < -0.3 is 10.6 Å². The Morgan fingerprint density at radius 3 is 2.81 bits per heavy atom. The van der Waals surface area contributed by atoms with E-state index in [4.69, 9.17) is 0 Å². The van der Waals surface area contributed by atoms with Crippen molar-refractivity contribution in [3.63, 3.8) is 0 Å². The number of halogens is 2. The average Bonchev–Trinajstić information content (AvgIpc) is 2.48. The summed E-state index contributed by atoms with van der Waals surface area (Å²) >= 11 is 3.45. The van der Waals surface area contributed by atoms with Crippen LogP contribution in [-0.2, 0) is 4.79 Å². The van der Waals surface area contributed by atoms with E-state index in [1.807, 2.05) is 38.2 Å². The van der Waals surface area contributed by atoms with Gasteiger partial charge in [-0.1, -0.05) is 12.1 Å². The number of likely N-dealkylation sites (tertiary alicyclic amines) is 1. The molecule has 2 N–H and O–H groups in total. The van der Waals surface area contributed by atoms with Crippen LogP contribution >= 0.6 is 28.3 Å². The van der Waals surface area contributed by atoms with Crippen LogP contribution in [0, 0.1) is 0 Å². The van der Waals surface area contributed by atoms with Crippen molar-refractivity contribution in [3.8, 4) is 0 Å². The van der Waals surface area contributed by atoms with Crippen LogP contribution in [-0.4, -0.2) is 43.0 Å². The molecule has 0 bridgehead atoms. The van der Waals surface area contributed by atoms with Crippen molar-refractivity contribution in [2.45, 2.75) is 31.8 Å². The third kappa shape index (κ3) is 4.95. The van der Waals surface area contributed by atoms with Gasteiger partial charge >= 0.3 is 0 Å². The Hall–Kier alpha value is -0.620. The monoisotopic (exact) mass is 375 g/mol. The summed E-state index contributed by atoms with van der Waals surface area (Å²) in [5.74, 6) is 0.0497. The second-order valence-electron chi connectivity index (χ2n) is 5.27. The zero-order valence-corrected chi connectivity index (χ0v) is 14.8. The summed E-state index contributed by atoms with van der Waals surface area (Å²) in [4.78, 5) is 14.6. The fourth-order valence-corrected chi connectivity index (χ4v) is 2.94. The first-order valence-electron chi connectivity index (χ1n) is 7.08. The molecule has 1 amide bonds. The molecule has 1 aliphatic rings. The first kappa shape index (κ1) is 18.4. The molecule has 0 radical (unpaired) electrons. The minimum Gasteiger partial charge on any atom is -0.324 e. The van der Waals surface area contributed by atoms with Crippen molar-refractivity contribution < 1.29 is 4.79 Å². The van der Waals surface area contributed by atoms with Gasteiger partial charge in [-0.25, -0.2) is 0 Å². The van der Waals surface area contributed by atoms with Crippen LogP contribution in [0.5, 0.6) is 0 Å². The fourth-order valence-electron chi connectivity index (χ4n) is 2.56. The van der Waals surface area contributed by atoms with Gasteiger partial charge in [-0.15, -0.1) is 12.4 Å². The molecule has 4 nitrogen and oxygen atoms in total. The van der Waals surface area contributed by atoms with Gasteiger partial charge in [0.05, 0.1) is 11.7 Å². The predicted octanol–water partition coefficient (Wildman–Crippen LogP) is 2.88. The quantitative estimate of drug-likeness (QED) is 0.849. The predicted molar refractivity (Wildman–Crippen MR) is 93.1 cm³/mol. The summed E-state index contributed by atoms with van der Waals surface area (Å²) in [7, 11) is 1.99. The first-order chi connectivity index (χ1) is 9.61. The van der Waals surface area contributed by atoms with Gasteiger partial charge in [0.1, 0.15) is 0 Å². The maximum absolute atomic E-state index is 12.4. The molecule has 6 heteroatoms. The maximum atomic E-state index is 12.4. The van der Waals surface area contributed by atoms with Gasteiger partial charge in [0.2, 0.25) is 5.91 Å². The van der Waals surface area contributed by atoms with Crippen LogP contribution in [0.4, 0.5) is 5.69 Å². The molecule has 0 saturated carbocycles. The zero-order valence-electron chi connectivity index (χ0n) is 12.4. The lowest BCUT2D eigenvalue weighted by Crippen LogP contribution is -2.51. The molecule has 1 saturated heterocycles. The molecule has 118 valence electrons.